The Morgan fingerprint density at radius 3 is 2.95 bits per heavy atom. The number of aryl methyl sites for hydroxylation is 2. The minimum atomic E-state index is -0.165. The van der Waals surface area contributed by atoms with Gasteiger partial charge in [0.1, 0.15) is 5.01 Å². The van der Waals surface area contributed by atoms with Crippen LogP contribution in [0.25, 0.3) is 10.6 Å². The summed E-state index contributed by atoms with van der Waals surface area (Å²) in [5, 5.41) is 2.99. The minimum Gasteiger partial charge on any atom is -0.466 e. The van der Waals surface area contributed by atoms with Gasteiger partial charge in [0, 0.05) is 21.8 Å². The second-order valence-electron chi connectivity index (χ2n) is 4.41. The summed E-state index contributed by atoms with van der Waals surface area (Å²) < 4.78 is 6.01. The van der Waals surface area contributed by atoms with Crippen LogP contribution in [0.3, 0.4) is 0 Å². The Kier molecular flexibility index (Phi) is 5.31. The van der Waals surface area contributed by atoms with E-state index in [0.29, 0.717) is 19.4 Å². The van der Waals surface area contributed by atoms with E-state index in [4.69, 9.17) is 4.74 Å². The van der Waals surface area contributed by atoms with Crippen LogP contribution in [0.5, 0.6) is 0 Å². The van der Waals surface area contributed by atoms with Gasteiger partial charge < -0.3 is 4.74 Å². The van der Waals surface area contributed by atoms with Gasteiger partial charge in [0.2, 0.25) is 0 Å². The normalized spacial score (nSPS) is 10.6. The first kappa shape index (κ1) is 15.2. The minimum absolute atomic E-state index is 0.165. The van der Waals surface area contributed by atoms with E-state index in [0.717, 1.165) is 20.7 Å². The van der Waals surface area contributed by atoms with Crippen LogP contribution in [0.1, 0.15) is 24.6 Å². The largest absolute Gasteiger partial charge is 0.466 e. The molecule has 0 amide bonds. The van der Waals surface area contributed by atoms with Crippen LogP contribution in [0, 0.1) is 6.92 Å². The number of carbonyl (C=O) groups excluding carboxylic acids is 1. The fraction of sp³-hybridized carbons (Fsp3) is 0.333. The van der Waals surface area contributed by atoms with Gasteiger partial charge in [0.25, 0.3) is 0 Å². The predicted octanol–water partition coefficient (Wildman–Crippen LogP) is 4.38. The standard InChI is InChI=1S/C15H16BrNO2S/c1-3-19-14(18)7-5-12-9-20-15(17-12)11-4-6-13(16)10(2)8-11/h4,6,8-9H,3,5,7H2,1-2H3. The van der Waals surface area contributed by atoms with E-state index < -0.39 is 0 Å². The van der Waals surface area contributed by atoms with Crippen LogP contribution in [-0.4, -0.2) is 17.6 Å². The molecule has 2 rings (SSSR count). The molecule has 0 saturated heterocycles. The zero-order valence-electron chi connectivity index (χ0n) is 11.5. The molecule has 0 atom stereocenters. The molecule has 0 N–H and O–H groups in total. The van der Waals surface area contributed by atoms with Crippen molar-refractivity contribution in [2.45, 2.75) is 26.7 Å². The second kappa shape index (κ2) is 6.99. The average molecular weight is 354 g/mol. The van der Waals surface area contributed by atoms with E-state index in [1.165, 1.54) is 5.56 Å². The summed E-state index contributed by atoms with van der Waals surface area (Å²) in [6, 6.07) is 6.19. The van der Waals surface area contributed by atoms with Crippen LogP contribution in [0.2, 0.25) is 0 Å². The van der Waals surface area contributed by atoms with Crippen LogP contribution in [-0.2, 0) is 16.0 Å². The third-order valence-corrected chi connectivity index (χ3v) is 4.68. The smallest absolute Gasteiger partial charge is 0.306 e. The Hall–Kier alpha value is -1.20. The number of nitrogens with zero attached hydrogens (tertiary/aromatic N) is 1. The summed E-state index contributed by atoms with van der Waals surface area (Å²) in [5.74, 6) is -0.165. The fourth-order valence-corrected chi connectivity index (χ4v) is 2.89. The lowest BCUT2D eigenvalue weighted by molar-refractivity contribution is -0.143. The van der Waals surface area contributed by atoms with Crippen molar-refractivity contribution in [2.75, 3.05) is 6.61 Å². The number of hydrogen-bond donors (Lipinski definition) is 0. The number of ether oxygens (including phenoxy) is 1. The Balaban J connectivity index is 2.05. The van der Waals surface area contributed by atoms with Gasteiger partial charge in [-0.1, -0.05) is 22.0 Å². The van der Waals surface area contributed by atoms with Gasteiger partial charge in [0.05, 0.1) is 18.7 Å². The third kappa shape index (κ3) is 3.90. The van der Waals surface area contributed by atoms with Crippen molar-refractivity contribution in [1.82, 2.24) is 4.98 Å². The highest BCUT2D eigenvalue weighted by Gasteiger charge is 2.08. The number of thiazole rings is 1. The van der Waals surface area contributed by atoms with E-state index in [-0.39, 0.29) is 5.97 Å². The van der Waals surface area contributed by atoms with Crippen molar-refractivity contribution in [3.63, 3.8) is 0 Å². The summed E-state index contributed by atoms with van der Waals surface area (Å²) >= 11 is 5.10. The van der Waals surface area contributed by atoms with Crippen LogP contribution < -0.4 is 0 Å². The van der Waals surface area contributed by atoms with Crippen molar-refractivity contribution >= 4 is 33.2 Å². The maximum Gasteiger partial charge on any atom is 0.306 e. The number of aromatic nitrogens is 1. The van der Waals surface area contributed by atoms with Crippen LogP contribution in [0.4, 0.5) is 0 Å². The number of esters is 1. The van der Waals surface area contributed by atoms with Gasteiger partial charge in [-0.05, 0) is 31.5 Å². The highest BCUT2D eigenvalue weighted by molar-refractivity contribution is 9.10. The van der Waals surface area contributed by atoms with Gasteiger partial charge in [-0.3, -0.25) is 4.79 Å². The fourth-order valence-electron chi connectivity index (χ4n) is 1.80. The number of benzene rings is 1. The molecule has 1 heterocycles. The van der Waals surface area contributed by atoms with E-state index in [9.17, 15) is 4.79 Å². The lowest BCUT2D eigenvalue weighted by atomic mass is 10.1. The molecule has 106 valence electrons. The molecular weight excluding hydrogens is 338 g/mol. The first-order valence-corrected chi connectivity index (χ1v) is 8.14. The Labute approximate surface area is 131 Å². The molecule has 3 nitrogen and oxygen atoms in total. The average Bonchev–Trinajstić information content (AvgIpc) is 2.89. The van der Waals surface area contributed by atoms with E-state index in [2.05, 4.69) is 33.9 Å². The van der Waals surface area contributed by atoms with Gasteiger partial charge in [-0.2, -0.15) is 0 Å². The number of rotatable bonds is 5. The molecule has 0 radical (unpaired) electrons. The van der Waals surface area contributed by atoms with Gasteiger partial charge in [-0.15, -0.1) is 11.3 Å². The summed E-state index contributed by atoms with van der Waals surface area (Å²) in [6.07, 6.45) is 1.02. The van der Waals surface area contributed by atoms with Crippen molar-refractivity contribution in [3.8, 4) is 10.6 Å². The molecule has 0 saturated carbocycles. The van der Waals surface area contributed by atoms with Gasteiger partial charge in [-0.25, -0.2) is 4.98 Å². The number of carbonyl (C=O) groups is 1. The molecule has 0 aliphatic carbocycles. The maximum absolute atomic E-state index is 11.3. The quantitative estimate of drug-likeness (QED) is 0.748. The molecule has 0 aliphatic heterocycles. The summed E-state index contributed by atoms with van der Waals surface area (Å²) in [7, 11) is 0. The molecule has 0 aliphatic rings. The van der Waals surface area contributed by atoms with E-state index >= 15 is 0 Å². The van der Waals surface area contributed by atoms with E-state index in [1.807, 2.05) is 24.4 Å². The van der Waals surface area contributed by atoms with Crippen molar-refractivity contribution < 1.29 is 9.53 Å². The van der Waals surface area contributed by atoms with Crippen LogP contribution in [0.15, 0.2) is 28.1 Å². The molecule has 0 spiro atoms. The lowest BCUT2D eigenvalue weighted by Gasteiger charge is -2.01. The molecule has 1 aromatic carbocycles. The highest BCUT2D eigenvalue weighted by Crippen LogP contribution is 2.27. The molecule has 1 aromatic heterocycles. The van der Waals surface area contributed by atoms with Crippen molar-refractivity contribution in [1.29, 1.82) is 0 Å². The molecular formula is C15H16BrNO2S. The lowest BCUT2D eigenvalue weighted by Crippen LogP contribution is -2.05. The van der Waals surface area contributed by atoms with Crippen molar-refractivity contribution in [2.24, 2.45) is 0 Å². The molecule has 5 heteroatoms. The van der Waals surface area contributed by atoms with Gasteiger partial charge >= 0.3 is 5.97 Å². The maximum atomic E-state index is 11.3. The first-order valence-electron chi connectivity index (χ1n) is 6.46. The monoisotopic (exact) mass is 353 g/mol. The Morgan fingerprint density at radius 1 is 1.45 bits per heavy atom. The highest BCUT2D eigenvalue weighted by atomic mass is 79.9. The molecule has 20 heavy (non-hydrogen) atoms. The third-order valence-electron chi connectivity index (χ3n) is 2.85. The second-order valence-corrected chi connectivity index (χ2v) is 6.13. The zero-order valence-corrected chi connectivity index (χ0v) is 13.9. The molecule has 0 unspecified atom stereocenters. The summed E-state index contributed by atoms with van der Waals surface area (Å²) in [6.45, 7) is 4.30. The topological polar surface area (TPSA) is 39.2 Å². The first-order chi connectivity index (χ1) is 9.60. The summed E-state index contributed by atoms with van der Waals surface area (Å²) in [4.78, 5) is 15.9. The zero-order chi connectivity index (χ0) is 14.5. The number of hydrogen-bond acceptors (Lipinski definition) is 4. The molecule has 0 bridgehead atoms. The van der Waals surface area contributed by atoms with Crippen molar-refractivity contribution in [3.05, 3.63) is 39.3 Å². The molecule has 2 aromatic rings. The van der Waals surface area contributed by atoms with Crippen LogP contribution >= 0.6 is 27.3 Å². The summed E-state index contributed by atoms with van der Waals surface area (Å²) in [5.41, 5.74) is 3.24. The molecule has 0 fully saturated rings. The van der Waals surface area contributed by atoms with Gasteiger partial charge in [0.15, 0.2) is 0 Å². The number of halogens is 1. The Bertz CT molecular complexity index is 610. The Morgan fingerprint density at radius 2 is 2.25 bits per heavy atom. The van der Waals surface area contributed by atoms with E-state index in [1.54, 1.807) is 11.3 Å². The SMILES string of the molecule is CCOC(=O)CCc1csc(-c2ccc(Br)c(C)c2)n1. The predicted molar refractivity (Wildman–Crippen MR) is 84.9 cm³/mol.